The van der Waals surface area contributed by atoms with E-state index in [9.17, 15) is 14.4 Å². The number of carbonyl (C=O) groups is 3. The average molecular weight is 499 g/mol. The Morgan fingerprint density at radius 3 is 2.11 bits per heavy atom. The van der Waals surface area contributed by atoms with E-state index in [1.165, 1.54) is 0 Å². The summed E-state index contributed by atoms with van der Waals surface area (Å²) < 4.78 is 5.76. The first kappa shape index (κ1) is 25.0. The maximum Gasteiger partial charge on any atom is 0.262 e. The fraction of sp³-hybridized carbons (Fsp3) is 0.387. The number of aryl methyl sites for hydroxylation is 2. The zero-order valence-corrected chi connectivity index (χ0v) is 21.9. The predicted molar refractivity (Wildman–Crippen MR) is 143 cm³/mol. The van der Waals surface area contributed by atoms with Crippen molar-refractivity contribution >= 4 is 23.2 Å². The van der Waals surface area contributed by atoms with Gasteiger partial charge in [-0.05, 0) is 75.8 Å². The highest BCUT2D eigenvalue weighted by molar-refractivity contribution is 6.06. The van der Waals surface area contributed by atoms with Gasteiger partial charge in [-0.1, -0.05) is 29.8 Å². The van der Waals surface area contributed by atoms with Crippen molar-refractivity contribution in [2.75, 3.05) is 18.5 Å². The molecule has 37 heavy (non-hydrogen) atoms. The van der Waals surface area contributed by atoms with Crippen molar-refractivity contribution < 1.29 is 19.1 Å². The third-order valence-corrected chi connectivity index (χ3v) is 7.64. The number of Topliss-reactive ketones (excluding diaryl/α,β-unsaturated/α-hetero) is 2. The van der Waals surface area contributed by atoms with Crippen molar-refractivity contribution in [3.8, 4) is 5.75 Å². The van der Waals surface area contributed by atoms with Crippen LogP contribution in [-0.4, -0.2) is 35.5 Å². The number of hydrogen-bond donors (Lipinski definition) is 1. The molecule has 2 aromatic carbocycles. The minimum atomic E-state index is -0.324. The Bertz CT molecular complexity index is 1280. The molecular weight excluding hydrogens is 464 g/mol. The van der Waals surface area contributed by atoms with E-state index in [1.54, 1.807) is 0 Å². The molecule has 0 unspecified atom stereocenters. The minimum absolute atomic E-state index is 0.108. The summed E-state index contributed by atoms with van der Waals surface area (Å²) in [5.41, 5.74) is 7.63. The predicted octanol–water partition coefficient (Wildman–Crippen LogP) is 5.75. The van der Waals surface area contributed by atoms with Crippen molar-refractivity contribution in [2.24, 2.45) is 0 Å². The van der Waals surface area contributed by atoms with Gasteiger partial charge in [0.2, 0.25) is 0 Å². The zero-order chi connectivity index (χ0) is 26.1. The van der Waals surface area contributed by atoms with Crippen LogP contribution in [0.3, 0.4) is 0 Å². The van der Waals surface area contributed by atoms with E-state index < -0.39 is 0 Å². The third-order valence-electron chi connectivity index (χ3n) is 7.64. The fourth-order valence-electron chi connectivity index (χ4n) is 5.98. The normalized spacial score (nSPS) is 18.1. The van der Waals surface area contributed by atoms with Gasteiger partial charge in [-0.3, -0.25) is 14.4 Å². The number of benzene rings is 2. The standard InChI is InChI=1S/C31H34N2O4/c1-4-33-24-7-5-9-26(34)30(24)29(31-25(33)8-6-10-27(31)35)21-12-14-22(15-13-21)37-18-28(36)32-23-16-11-19(2)17-20(23)3/h11-17,29H,4-10,18H2,1-3H3,(H,32,36). The van der Waals surface area contributed by atoms with Crippen molar-refractivity contribution in [3.05, 3.63) is 81.7 Å². The lowest BCUT2D eigenvalue weighted by molar-refractivity contribution is -0.118. The van der Waals surface area contributed by atoms with Gasteiger partial charge in [0.05, 0.1) is 0 Å². The number of nitrogens with one attached hydrogen (secondary N) is 1. The van der Waals surface area contributed by atoms with Crippen LogP contribution in [0.15, 0.2) is 65.0 Å². The van der Waals surface area contributed by atoms with E-state index >= 15 is 0 Å². The van der Waals surface area contributed by atoms with Crippen LogP contribution in [0.25, 0.3) is 0 Å². The van der Waals surface area contributed by atoms with Crippen LogP contribution in [0.5, 0.6) is 5.75 Å². The molecule has 3 aliphatic rings. The Morgan fingerprint density at radius 1 is 0.919 bits per heavy atom. The first-order chi connectivity index (χ1) is 17.9. The molecule has 5 rings (SSSR count). The van der Waals surface area contributed by atoms with Gasteiger partial charge in [-0.25, -0.2) is 0 Å². The Morgan fingerprint density at radius 2 is 1.54 bits per heavy atom. The molecule has 0 aromatic heterocycles. The molecule has 0 bridgehead atoms. The number of amides is 1. The number of ketones is 2. The lowest BCUT2D eigenvalue weighted by Crippen LogP contribution is -2.39. The summed E-state index contributed by atoms with van der Waals surface area (Å²) in [7, 11) is 0. The highest BCUT2D eigenvalue weighted by Gasteiger charge is 2.42. The van der Waals surface area contributed by atoms with Crippen LogP contribution in [0.4, 0.5) is 5.69 Å². The highest BCUT2D eigenvalue weighted by Crippen LogP contribution is 2.49. The van der Waals surface area contributed by atoms with E-state index in [4.69, 9.17) is 4.74 Å². The quantitative estimate of drug-likeness (QED) is 0.549. The molecule has 0 atom stereocenters. The van der Waals surface area contributed by atoms with Gasteiger partial charge < -0.3 is 15.0 Å². The van der Waals surface area contributed by atoms with Gasteiger partial charge in [0, 0.05) is 53.5 Å². The minimum Gasteiger partial charge on any atom is -0.484 e. The fourth-order valence-corrected chi connectivity index (χ4v) is 5.98. The monoisotopic (exact) mass is 498 g/mol. The second kappa shape index (κ2) is 10.4. The molecule has 1 amide bonds. The summed E-state index contributed by atoms with van der Waals surface area (Å²) in [5.74, 6) is 0.318. The molecule has 0 fully saturated rings. The topological polar surface area (TPSA) is 75.7 Å². The number of nitrogens with zero attached hydrogens (tertiary/aromatic N) is 1. The van der Waals surface area contributed by atoms with Gasteiger partial charge in [0.15, 0.2) is 18.2 Å². The van der Waals surface area contributed by atoms with Crippen molar-refractivity contribution in [2.45, 2.75) is 65.2 Å². The van der Waals surface area contributed by atoms with Gasteiger partial charge in [-0.2, -0.15) is 0 Å². The molecule has 1 heterocycles. The van der Waals surface area contributed by atoms with Gasteiger partial charge in [-0.15, -0.1) is 0 Å². The first-order valence-electron chi connectivity index (χ1n) is 13.3. The molecule has 2 aromatic rings. The van der Waals surface area contributed by atoms with Crippen LogP contribution in [-0.2, 0) is 14.4 Å². The molecule has 1 aliphatic heterocycles. The number of allylic oxidation sites excluding steroid dienone is 4. The SMILES string of the molecule is CCN1C2=C(C(=O)CCC2)C(c2ccc(OCC(=O)Nc3ccc(C)cc3C)cc2)C2=C1CCCC2=O. The molecule has 6 heteroatoms. The summed E-state index contributed by atoms with van der Waals surface area (Å²) in [6.07, 6.45) is 4.50. The molecule has 0 spiro atoms. The van der Waals surface area contributed by atoms with Gasteiger partial charge in [0.25, 0.3) is 5.91 Å². The van der Waals surface area contributed by atoms with Crippen LogP contribution in [0.1, 0.15) is 68.1 Å². The van der Waals surface area contributed by atoms with Crippen molar-refractivity contribution in [1.82, 2.24) is 4.90 Å². The second-order valence-corrected chi connectivity index (χ2v) is 10.2. The van der Waals surface area contributed by atoms with E-state index in [0.29, 0.717) is 18.6 Å². The third kappa shape index (κ3) is 4.85. The van der Waals surface area contributed by atoms with Gasteiger partial charge >= 0.3 is 0 Å². The molecule has 2 aliphatic carbocycles. The lowest BCUT2D eigenvalue weighted by Gasteiger charge is -2.43. The maximum absolute atomic E-state index is 13.2. The van der Waals surface area contributed by atoms with Gasteiger partial charge in [0.1, 0.15) is 5.75 Å². The molecule has 6 nitrogen and oxygen atoms in total. The number of ether oxygens (including phenoxy) is 1. The van der Waals surface area contributed by atoms with Crippen LogP contribution >= 0.6 is 0 Å². The number of rotatable bonds is 6. The highest BCUT2D eigenvalue weighted by atomic mass is 16.5. The number of carbonyl (C=O) groups excluding carboxylic acids is 3. The smallest absolute Gasteiger partial charge is 0.262 e. The molecule has 0 radical (unpaired) electrons. The molecule has 0 saturated heterocycles. The Labute approximate surface area is 218 Å². The van der Waals surface area contributed by atoms with Crippen LogP contribution in [0, 0.1) is 13.8 Å². The largest absolute Gasteiger partial charge is 0.484 e. The summed E-state index contributed by atoms with van der Waals surface area (Å²) in [5, 5.41) is 2.90. The summed E-state index contributed by atoms with van der Waals surface area (Å²) in [6.45, 7) is 6.73. The summed E-state index contributed by atoms with van der Waals surface area (Å²) >= 11 is 0. The van der Waals surface area contributed by atoms with E-state index in [1.807, 2.05) is 56.3 Å². The summed E-state index contributed by atoms with van der Waals surface area (Å²) in [6, 6.07) is 13.4. The molecule has 192 valence electrons. The van der Waals surface area contributed by atoms with E-state index in [0.717, 1.165) is 77.1 Å². The Balaban J connectivity index is 1.37. The molecule has 1 N–H and O–H groups in total. The van der Waals surface area contributed by atoms with Crippen LogP contribution < -0.4 is 10.1 Å². The van der Waals surface area contributed by atoms with Crippen molar-refractivity contribution in [1.29, 1.82) is 0 Å². The second-order valence-electron chi connectivity index (χ2n) is 10.2. The number of hydrogen-bond acceptors (Lipinski definition) is 5. The average Bonchev–Trinajstić information content (AvgIpc) is 2.89. The summed E-state index contributed by atoms with van der Waals surface area (Å²) in [4.78, 5) is 41.1. The van der Waals surface area contributed by atoms with Crippen LogP contribution in [0.2, 0.25) is 0 Å². The number of anilines is 1. The Hall–Kier alpha value is -3.67. The zero-order valence-electron chi connectivity index (χ0n) is 21.9. The molecule has 0 saturated carbocycles. The lowest BCUT2D eigenvalue weighted by atomic mass is 9.71. The maximum atomic E-state index is 13.2. The Kier molecular flexibility index (Phi) is 7.00. The van der Waals surface area contributed by atoms with E-state index in [-0.39, 0.29) is 30.0 Å². The van der Waals surface area contributed by atoms with Crippen molar-refractivity contribution in [3.63, 3.8) is 0 Å². The van der Waals surface area contributed by atoms with E-state index in [2.05, 4.69) is 17.1 Å². The molecular formula is C31H34N2O4. The first-order valence-corrected chi connectivity index (χ1v) is 13.3.